The number of furan rings is 1. The summed E-state index contributed by atoms with van der Waals surface area (Å²) >= 11 is 3.29. The average molecular weight is 382 g/mol. The zero-order valence-electron chi connectivity index (χ0n) is 12.7. The van der Waals surface area contributed by atoms with Gasteiger partial charge in [0.05, 0.1) is 30.0 Å². The molecule has 7 heteroatoms. The van der Waals surface area contributed by atoms with Gasteiger partial charge in [0.2, 0.25) is 0 Å². The maximum Gasteiger partial charge on any atom is 0.338 e. The summed E-state index contributed by atoms with van der Waals surface area (Å²) in [4.78, 5) is 25.3. The highest BCUT2D eigenvalue weighted by atomic mass is 79.9. The number of methoxy groups -OCH3 is 1. The van der Waals surface area contributed by atoms with E-state index < -0.39 is 5.97 Å². The number of esters is 1. The molecule has 1 heterocycles. The number of benzene rings is 1. The number of carbonyl (C=O) groups excluding carboxylic acids is 2. The van der Waals surface area contributed by atoms with Gasteiger partial charge in [0, 0.05) is 7.05 Å². The second kappa shape index (κ2) is 7.82. The molecule has 1 aromatic heterocycles. The number of amides is 1. The van der Waals surface area contributed by atoms with Crippen LogP contribution in [0.1, 0.15) is 16.1 Å². The minimum Gasteiger partial charge on any atom is -0.496 e. The maximum absolute atomic E-state index is 12.0. The van der Waals surface area contributed by atoms with Gasteiger partial charge < -0.3 is 18.8 Å². The molecule has 0 aliphatic rings. The number of carbonyl (C=O) groups is 2. The van der Waals surface area contributed by atoms with E-state index >= 15 is 0 Å². The van der Waals surface area contributed by atoms with E-state index in [9.17, 15) is 9.59 Å². The number of hydrogen-bond acceptors (Lipinski definition) is 5. The van der Waals surface area contributed by atoms with Crippen molar-refractivity contribution in [2.45, 2.75) is 6.54 Å². The number of hydrogen-bond donors (Lipinski definition) is 0. The molecule has 2 rings (SSSR count). The third-order valence-corrected chi connectivity index (χ3v) is 3.73. The zero-order chi connectivity index (χ0) is 16.8. The fourth-order valence-corrected chi connectivity index (χ4v) is 2.38. The van der Waals surface area contributed by atoms with E-state index in [1.165, 1.54) is 18.3 Å². The van der Waals surface area contributed by atoms with Gasteiger partial charge in [-0.3, -0.25) is 4.79 Å². The Hall–Kier alpha value is -2.28. The van der Waals surface area contributed by atoms with Gasteiger partial charge in [0.15, 0.2) is 6.61 Å². The molecule has 0 unspecified atom stereocenters. The van der Waals surface area contributed by atoms with Crippen molar-refractivity contribution < 1.29 is 23.5 Å². The van der Waals surface area contributed by atoms with E-state index in [2.05, 4.69) is 15.9 Å². The predicted octanol–water partition coefficient (Wildman–Crippen LogP) is 2.87. The Morgan fingerprint density at radius 3 is 2.70 bits per heavy atom. The van der Waals surface area contributed by atoms with Gasteiger partial charge in [0.1, 0.15) is 11.5 Å². The quantitative estimate of drug-likeness (QED) is 0.719. The Bertz CT molecular complexity index is 684. The van der Waals surface area contributed by atoms with Crippen LogP contribution in [0, 0.1) is 0 Å². The molecule has 0 saturated heterocycles. The van der Waals surface area contributed by atoms with Crippen molar-refractivity contribution in [3.63, 3.8) is 0 Å². The number of likely N-dealkylation sites (N-methyl/N-ethyl adjacent to an activating group) is 1. The van der Waals surface area contributed by atoms with Crippen LogP contribution < -0.4 is 4.74 Å². The summed E-state index contributed by atoms with van der Waals surface area (Å²) in [7, 11) is 3.15. The van der Waals surface area contributed by atoms with E-state index in [4.69, 9.17) is 13.9 Å². The van der Waals surface area contributed by atoms with Gasteiger partial charge in [-0.15, -0.1) is 0 Å². The first kappa shape index (κ1) is 17.1. The Balaban J connectivity index is 1.88. The first-order chi connectivity index (χ1) is 11.0. The molecule has 1 amide bonds. The Morgan fingerprint density at radius 1 is 1.30 bits per heavy atom. The number of rotatable bonds is 6. The molecule has 0 spiro atoms. The van der Waals surface area contributed by atoms with Gasteiger partial charge in [-0.25, -0.2) is 4.79 Å². The van der Waals surface area contributed by atoms with Crippen molar-refractivity contribution >= 4 is 27.8 Å². The molecule has 0 N–H and O–H groups in total. The molecule has 0 aliphatic carbocycles. The summed E-state index contributed by atoms with van der Waals surface area (Å²) < 4.78 is 15.9. The summed E-state index contributed by atoms with van der Waals surface area (Å²) in [6.45, 7) is -0.0167. The Kier molecular flexibility index (Phi) is 5.81. The van der Waals surface area contributed by atoms with E-state index in [0.717, 1.165) is 0 Å². The monoisotopic (exact) mass is 381 g/mol. The van der Waals surface area contributed by atoms with Crippen molar-refractivity contribution in [2.24, 2.45) is 0 Å². The van der Waals surface area contributed by atoms with Crippen LogP contribution in [-0.4, -0.2) is 37.5 Å². The van der Waals surface area contributed by atoms with E-state index in [0.29, 0.717) is 28.1 Å². The number of nitrogens with zero attached hydrogens (tertiary/aromatic N) is 1. The molecule has 23 heavy (non-hydrogen) atoms. The summed E-state index contributed by atoms with van der Waals surface area (Å²) in [5.74, 6) is 0.373. The lowest BCUT2D eigenvalue weighted by Gasteiger charge is -2.15. The molecule has 0 aliphatic heterocycles. The molecule has 122 valence electrons. The lowest BCUT2D eigenvalue weighted by Crippen LogP contribution is -2.30. The van der Waals surface area contributed by atoms with Crippen LogP contribution in [0.3, 0.4) is 0 Å². The second-order valence-corrected chi connectivity index (χ2v) is 5.61. The molecular weight excluding hydrogens is 366 g/mol. The lowest BCUT2D eigenvalue weighted by molar-refractivity contribution is -0.133. The smallest absolute Gasteiger partial charge is 0.338 e. The molecule has 1 aromatic carbocycles. The van der Waals surface area contributed by atoms with Crippen LogP contribution in [0.15, 0.2) is 45.5 Å². The second-order valence-electron chi connectivity index (χ2n) is 4.75. The van der Waals surface area contributed by atoms with Crippen LogP contribution in [0.5, 0.6) is 5.75 Å². The third kappa shape index (κ3) is 4.59. The Labute approximate surface area is 142 Å². The van der Waals surface area contributed by atoms with Gasteiger partial charge in [0.25, 0.3) is 5.91 Å². The molecule has 0 bridgehead atoms. The van der Waals surface area contributed by atoms with Gasteiger partial charge in [-0.1, -0.05) is 0 Å². The SMILES string of the molecule is COc1ccc(C(=O)OCC(=O)N(C)Cc2ccco2)cc1Br. The minimum absolute atomic E-state index is 0.317. The summed E-state index contributed by atoms with van der Waals surface area (Å²) in [5.41, 5.74) is 0.333. The number of halogens is 1. The number of ether oxygens (including phenoxy) is 2. The molecule has 0 fully saturated rings. The molecular formula is C16H16BrNO5. The minimum atomic E-state index is -0.576. The van der Waals surface area contributed by atoms with E-state index in [1.54, 1.807) is 37.4 Å². The Morgan fingerprint density at radius 2 is 2.09 bits per heavy atom. The van der Waals surface area contributed by atoms with Crippen molar-refractivity contribution in [1.29, 1.82) is 0 Å². The summed E-state index contributed by atoms with van der Waals surface area (Å²) in [5, 5.41) is 0. The first-order valence-electron chi connectivity index (χ1n) is 6.78. The third-order valence-electron chi connectivity index (χ3n) is 3.11. The van der Waals surface area contributed by atoms with Crippen LogP contribution in [0.25, 0.3) is 0 Å². The fourth-order valence-electron chi connectivity index (χ4n) is 1.84. The molecule has 0 radical (unpaired) electrons. The normalized spacial score (nSPS) is 10.2. The van der Waals surface area contributed by atoms with Crippen molar-refractivity contribution in [3.8, 4) is 5.75 Å². The summed E-state index contributed by atoms with van der Waals surface area (Å²) in [6, 6.07) is 8.31. The highest BCUT2D eigenvalue weighted by Gasteiger charge is 2.15. The zero-order valence-corrected chi connectivity index (χ0v) is 14.3. The van der Waals surface area contributed by atoms with E-state index in [-0.39, 0.29) is 12.5 Å². The van der Waals surface area contributed by atoms with Crippen LogP contribution in [0.4, 0.5) is 0 Å². The van der Waals surface area contributed by atoms with Gasteiger partial charge in [-0.2, -0.15) is 0 Å². The lowest BCUT2D eigenvalue weighted by atomic mass is 10.2. The predicted molar refractivity (Wildman–Crippen MR) is 86.2 cm³/mol. The molecule has 0 saturated carbocycles. The summed E-state index contributed by atoms with van der Waals surface area (Å²) in [6.07, 6.45) is 1.54. The van der Waals surface area contributed by atoms with Gasteiger partial charge in [-0.05, 0) is 46.3 Å². The van der Waals surface area contributed by atoms with Crippen LogP contribution in [0.2, 0.25) is 0 Å². The largest absolute Gasteiger partial charge is 0.496 e. The molecule has 6 nitrogen and oxygen atoms in total. The standard InChI is InChI=1S/C16H16BrNO5/c1-18(9-12-4-3-7-22-12)15(19)10-23-16(20)11-5-6-14(21-2)13(17)8-11/h3-8H,9-10H2,1-2H3. The fraction of sp³-hybridized carbons (Fsp3) is 0.250. The van der Waals surface area contributed by atoms with Crippen molar-refractivity contribution in [3.05, 3.63) is 52.4 Å². The molecule has 2 aromatic rings. The average Bonchev–Trinajstić information content (AvgIpc) is 3.04. The topological polar surface area (TPSA) is 69.0 Å². The van der Waals surface area contributed by atoms with Crippen LogP contribution >= 0.6 is 15.9 Å². The first-order valence-corrected chi connectivity index (χ1v) is 7.57. The highest BCUT2D eigenvalue weighted by molar-refractivity contribution is 9.10. The van der Waals surface area contributed by atoms with Crippen molar-refractivity contribution in [1.82, 2.24) is 4.90 Å². The van der Waals surface area contributed by atoms with Crippen molar-refractivity contribution in [2.75, 3.05) is 20.8 Å². The van der Waals surface area contributed by atoms with E-state index in [1.807, 2.05) is 0 Å². The molecule has 0 atom stereocenters. The maximum atomic E-state index is 12.0. The van der Waals surface area contributed by atoms with Crippen LogP contribution in [-0.2, 0) is 16.1 Å². The highest BCUT2D eigenvalue weighted by Crippen LogP contribution is 2.25. The van der Waals surface area contributed by atoms with Gasteiger partial charge >= 0.3 is 5.97 Å².